The quantitative estimate of drug-likeness (QED) is 0.303. The van der Waals surface area contributed by atoms with Crippen molar-refractivity contribution in [3.05, 3.63) is 38.0 Å². The summed E-state index contributed by atoms with van der Waals surface area (Å²) in [5, 5.41) is 23.9. The second-order valence-electron chi connectivity index (χ2n) is 3.37. The highest BCUT2D eigenvalue weighted by atomic mass is 16.7. The van der Waals surface area contributed by atoms with Gasteiger partial charge >= 0.3 is 12.3 Å². The van der Waals surface area contributed by atoms with Gasteiger partial charge in [-0.3, -0.25) is 0 Å². The third-order valence-electron chi connectivity index (χ3n) is 1.43. The number of aliphatic hydroxyl groups excluding tert-OH is 2. The SMILES string of the molecule is C=CCOC(=O)O.C=CCOC(=O)OCC=C.OCCOCCO. The second-order valence-corrected chi connectivity index (χ2v) is 3.37. The average Bonchev–Trinajstić information content (AvgIpc) is 2.57. The average molecular weight is 350 g/mol. The van der Waals surface area contributed by atoms with Crippen LogP contribution in [0.5, 0.6) is 0 Å². The molecule has 0 unspecified atom stereocenters. The van der Waals surface area contributed by atoms with Crippen LogP contribution in [0.15, 0.2) is 38.0 Å². The molecule has 3 N–H and O–H groups in total. The minimum absolute atomic E-state index is 0.0278. The fraction of sp³-hybridized carbons (Fsp3) is 0.467. The molecule has 140 valence electrons. The first-order chi connectivity index (χ1) is 11.5. The van der Waals surface area contributed by atoms with Gasteiger partial charge in [-0.25, -0.2) is 9.59 Å². The number of carbonyl (C=O) groups excluding carboxylic acids is 1. The predicted molar refractivity (Wildman–Crippen MR) is 86.9 cm³/mol. The molecule has 9 heteroatoms. The topological polar surface area (TPSA) is 132 Å². The lowest BCUT2D eigenvalue weighted by molar-refractivity contribution is 0.0650. The molecule has 0 aliphatic carbocycles. The molecule has 0 fully saturated rings. The van der Waals surface area contributed by atoms with Gasteiger partial charge in [-0.2, -0.15) is 0 Å². The van der Waals surface area contributed by atoms with Crippen LogP contribution in [-0.2, 0) is 18.9 Å². The lowest BCUT2D eigenvalue weighted by atomic mass is 10.7. The van der Waals surface area contributed by atoms with Crippen molar-refractivity contribution < 1.29 is 43.9 Å². The van der Waals surface area contributed by atoms with E-state index in [4.69, 9.17) is 15.3 Å². The van der Waals surface area contributed by atoms with E-state index in [1.807, 2.05) is 0 Å². The molecule has 0 atom stereocenters. The summed E-state index contributed by atoms with van der Waals surface area (Å²) in [5.74, 6) is 0. The number of rotatable bonds is 10. The Morgan fingerprint density at radius 1 is 0.792 bits per heavy atom. The van der Waals surface area contributed by atoms with E-state index in [0.29, 0.717) is 13.2 Å². The number of aliphatic hydroxyl groups is 2. The normalized spacial score (nSPS) is 8.25. The molecule has 0 amide bonds. The Labute approximate surface area is 141 Å². The fourth-order valence-electron chi connectivity index (χ4n) is 0.657. The van der Waals surface area contributed by atoms with E-state index in [1.165, 1.54) is 18.2 Å². The van der Waals surface area contributed by atoms with Crippen LogP contribution in [0.1, 0.15) is 0 Å². The molecule has 0 aliphatic heterocycles. The number of carboxylic acid groups (broad SMARTS) is 1. The molecule has 0 saturated carbocycles. The largest absolute Gasteiger partial charge is 0.508 e. The van der Waals surface area contributed by atoms with E-state index in [0.717, 1.165) is 0 Å². The van der Waals surface area contributed by atoms with Gasteiger partial charge < -0.3 is 34.3 Å². The summed E-state index contributed by atoms with van der Waals surface area (Å²) in [6, 6.07) is 0. The Hall–Kier alpha value is -2.36. The van der Waals surface area contributed by atoms with Crippen molar-refractivity contribution in [2.75, 3.05) is 46.2 Å². The minimum atomic E-state index is -1.26. The molecular weight excluding hydrogens is 324 g/mol. The highest BCUT2D eigenvalue weighted by Gasteiger charge is 1.97. The number of hydrogen-bond donors (Lipinski definition) is 3. The molecular formula is C15H26O9. The molecule has 0 aliphatic rings. The van der Waals surface area contributed by atoms with Crippen LogP contribution in [0.4, 0.5) is 9.59 Å². The molecule has 0 spiro atoms. The van der Waals surface area contributed by atoms with Crippen LogP contribution >= 0.6 is 0 Å². The maximum atomic E-state index is 10.4. The van der Waals surface area contributed by atoms with Gasteiger partial charge in [0.25, 0.3) is 0 Å². The molecule has 0 aromatic heterocycles. The van der Waals surface area contributed by atoms with Crippen LogP contribution in [-0.4, -0.2) is 73.9 Å². The summed E-state index contributed by atoms with van der Waals surface area (Å²) in [7, 11) is 0. The summed E-state index contributed by atoms with van der Waals surface area (Å²) < 4.78 is 17.6. The number of ether oxygens (including phenoxy) is 4. The van der Waals surface area contributed by atoms with E-state index >= 15 is 0 Å². The first kappa shape index (κ1) is 26.5. The van der Waals surface area contributed by atoms with Crippen LogP contribution < -0.4 is 0 Å². The van der Waals surface area contributed by atoms with Crippen LogP contribution in [0.2, 0.25) is 0 Å². The van der Waals surface area contributed by atoms with Crippen molar-refractivity contribution >= 4 is 12.3 Å². The van der Waals surface area contributed by atoms with Gasteiger partial charge in [0.15, 0.2) is 0 Å². The molecule has 0 radical (unpaired) electrons. The molecule has 0 heterocycles. The summed E-state index contributed by atoms with van der Waals surface area (Å²) in [6.07, 6.45) is 2.35. The van der Waals surface area contributed by atoms with Crippen molar-refractivity contribution in [1.29, 1.82) is 0 Å². The summed E-state index contributed by atoms with van der Waals surface area (Å²) >= 11 is 0. The molecule has 0 aromatic carbocycles. The Kier molecular flexibility index (Phi) is 28.3. The molecule has 0 bridgehead atoms. The van der Waals surface area contributed by atoms with Crippen molar-refractivity contribution in [2.24, 2.45) is 0 Å². The van der Waals surface area contributed by atoms with Crippen molar-refractivity contribution in [3.63, 3.8) is 0 Å². The van der Waals surface area contributed by atoms with Crippen LogP contribution in [0.25, 0.3) is 0 Å². The van der Waals surface area contributed by atoms with E-state index < -0.39 is 12.3 Å². The molecule has 24 heavy (non-hydrogen) atoms. The van der Waals surface area contributed by atoms with Gasteiger partial charge in [-0.05, 0) is 0 Å². The van der Waals surface area contributed by atoms with E-state index in [1.54, 1.807) is 0 Å². The van der Waals surface area contributed by atoms with Gasteiger partial charge in [0.05, 0.1) is 26.4 Å². The van der Waals surface area contributed by atoms with Crippen LogP contribution in [0.3, 0.4) is 0 Å². The third-order valence-corrected chi connectivity index (χ3v) is 1.43. The van der Waals surface area contributed by atoms with Crippen LogP contribution in [0, 0.1) is 0 Å². The zero-order valence-corrected chi connectivity index (χ0v) is 13.6. The summed E-state index contributed by atoms with van der Waals surface area (Å²) in [6.45, 7) is 11.1. The monoisotopic (exact) mass is 350 g/mol. The Morgan fingerprint density at radius 2 is 1.17 bits per heavy atom. The number of carbonyl (C=O) groups is 2. The second kappa shape index (κ2) is 25.6. The van der Waals surface area contributed by atoms with Gasteiger partial charge in [0.2, 0.25) is 0 Å². The Bertz CT molecular complexity index is 311. The first-order valence-electron chi connectivity index (χ1n) is 6.77. The predicted octanol–water partition coefficient (Wildman–Crippen LogP) is 1.37. The highest BCUT2D eigenvalue weighted by Crippen LogP contribution is 1.84. The fourth-order valence-corrected chi connectivity index (χ4v) is 0.657. The van der Waals surface area contributed by atoms with E-state index in [-0.39, 0.29) is 33.0 Å². The lowest BCUT2D eigenvalue weighted by Gasteiger charge is -1.99. The molecule has 0 aromatic rings. The van der Waals surface area contributed by atoms with Crippen molar-refractivity contribution in [2.45, 2.75) is 0 Å². The van der Waals surface area contributed by atoms with Gasteiger partial charge in [-0.15, -0.1) is 0 Å². The van der Waals surface area contributed by atoms with Crippen molar-refractivity contribution in [1.82, 2.24) is 0 Å². The summed E-state index contributed by atoms with van der Waals surface area (Å²) in [5.41, 5.74) is 0. The van der Waals surface area contributed by atoms with E-state index in [9.17, 15) is 9.59 Å². The Balaban J connectivity index is -0.000000283. The van der Waals surface area contributed by atoms with E-state index in [2.05, 4.69) is 38.7 Å². The third kappa shape index (κ3) is 36.7. The molecule has 0 rings (SSSR count). The zero-order valence-electron chi connectivity index (χ0n) is 13.6. The smallest absolute Gasteiger partial charge is 0.450 e. The maximum absolute atomic E-state index is 10.4. The maximum Gasteiger partial charge on any atom is 0.508 e. The number of hydrogen-bond acceptors (Lipinski definition) is 8. The minimum Gasteiger partial charge on any atom is -0.450 e. The first-order valence-corrected chi connectivity index (χ1v) is 6.77. The highest BCUT2D eigenvalue weighted by molar-refractivity contribution is 5.60. The molecule has 0 saturated heterocycles. The standard InChI is InChI=1S/C7H10O3.C4H10O3.C4H6O3/c1-3-5-9-7(8)10-6-4-2;5-1-3-7-4-2-6;1-2-3-7-4(5)6/h3-4H,1-2,5-6H2;5-6H,1-4H2;2H,1,3H2,(H,5,6). The van der Waals surface area contributed by atoms with Gasteiger partial charge in [0.1, 0.15) is 19.8 Å². The van der Waals surface area contributed by atoms with Crippen molar-refractivity contribution in [3.8, 4) is 0 Å². The summed E-state index contributed by atoms with van der Waals surface area (Å²) in [4.78, 5) is 19.9. The lowest BCUT2D eigenvalue weighted by Crippen LogP contribution is -2.06. The van der Waals surface area contributed by atoms with Gasteiger partial charge in [0, 0.05) is 0 Å². The molecule has 9 nitrogen and oxygen atoms in total. The zero-order chi connectivity index (χ0) is 19.1. The van der Waals surface area contributed by atoms with Gasteiger partial charge in [-0.1, -0.05) is 38.0 Å². The Morgan fingerprint density at radius 3 is 1.42 bits per heavy atom.